The van der Waals surface area contributed by atoms with Crippen molar-refractivity contribution in [3.05, 3.63) is 101 Å². The number of aromatic nitrogens is 1. The normalized spacial score (nSPS) is 10.7. The zero-order valence-electron chi connectivity index (χ0n) is 18.7. The minimum absolute atomic E-state index is 0.00149. The molecule has 0 saturated carbocycles. The van der Waals surface area contributed by atoms with E-state index in [-0.39, 0.29) is 17.2 Å². The van der Waals surface area contributed by atoms with Crippen LogP contribution in [0.1, 0.15) is 28.5 Å². The fourth-order valence-corrected chi connectivity index (χ4v) is 3.97. The van der Waals surface area contributed by atoms with E-state index in [0.29, 0.717) is 23.1 Å². The first-order chi connectivity index (χ1) is 16.3. The van der Waals surface area contributed by atoms with E-state index in [0.717, 1.165) is 22.5 Å². The molecule has 0 saturated heterocycles. The monoisotopic (exact) mass is 474 g/mol. The standard InChI is InChI=1S/C27H23ClN2O4/c1-17-8-12-25(30(17)21-10-11-24(29-18(2)31)22(15-21)27(32)33)23-14-20(28)9-13-26(23)34-16-19-6-4-3-5-7-19/h3-15H,16H2,1-2H3,(H,29,31)(H,32,33). The molecule has 1 heterocycles. The van der Waals surface area contributed by atoms with Crippen LogP contribution in [-0.4, -0.2) is 21.6 Å². The lowest BCUT2D eigenvalue weighted by molar-refractivity contribution is -0.114. The molecule has 0 aliphatic heterocycles. The predicted molar refractivity (Wildman–Crippen MR) is 133 cm³/mol. The molecule has 1 amide bonds. The van der Waals surface area contributed by atoms with Crippen molar-refractivity contribution in [3.8, 4) is 22.7 Å². The molecule has 172 valence electrons. The summed E-state index contributed by atoms with van der Waals surface area (Å²) in [4.78, 5) is 23.4. The van der Waals surface area contributed by atoms with Crippen LogP contribution in [0.25, 0.3) is 16.9 Å². The molecule has 0 aliphatic carbocycles. The zero-order valence-corrected chi connectivity index (χ0v) is 19.5. The van der Waals surface area contributed by atoms with Gasteiger partial charge < -0.3 is 19.7 Å². The van der Waals surface area contributed by atoms with Gasteiger partial charge in [-0.1, -0.05) is 41.9 Å². The van der Waals surface area contributed by atoms with E-state index >= 15 is 0 Å². The summed E-state index contributed by atoms with van der Waals surface area (Å²) in [6.45, 7) is 3.66. The van der Waals surface area contributed by atoms with E-state index in [9.17, 15) is 14.7 Å². The van der Waals surface area contributed by atoms with Crippen molar-refractivity contribution in [2.75, 3.05) is 5.32 Å². The maximum absolute atomic E-state index is 11.9. The van der Waals surface area contributed by atoms with Crippen molar-refractivity contribution in [2.45, 2.75) is 20.5 Å². The summed E-state index contributed by atoms with van der Waals surface area (Å²) in [7, 11) is 0. The summed E-state index contributed by atoms with van der Waals surface area (Å²) in [6.07, 6.45) is 0. The van der Waals surface area contributed by atoms with Gasteiger partial charge in [0, 0.05) is 28.9 Å². The average molecular weight is 475 g/mol. The van der Waals surface area contributed by atoms with E-state index in [1.165, 1.54) is 6.92 Å². The van der Waals surface area contributed by atoms with Gasteiger partial charge in [0.15, 0.2) is 0 Å². The lowest BCUT2D eigenvalue weighted by Crippen LogP contribution is -2.12. The van der Waals surface area contributed by atoms with Gasteiger partial charge in [0.05, 0.1) is 16.9 Å². The number of carboxylic acids is 1. The Morgan fingerprint density at radius 1 is 1.00 bits per heavy atom. The summed E-state index contributed by atoms with van der Waals surface area (Å²) in [5.41, 5.74) is 4.38. The number of amides is 1. The minimum Gasteiger partial charge on any atom is -0.488 e. The molecule has 0 radical (unpaired) electrons. The average Bonchev–Trinajstić information content (AvgIpc) is 3.20. The molecular formula is C27H23ClN2O4. The maximum Gasteiger partial charge on any atom is 0.337 e. The lowest BCUT2D eigenvalue weighted by atomic mass is 10.1. The second kappa shape index (κ2) is 9.85. The number of carbonyl (C=O) groups excluding carboxylic acids is 1. The van der Waals surface area contributed by atoms with Crippen LogP contribution < -0.4 is 10.1 Å². The van der Waals surface area contributed by atoms with Gasteiger partial charge in [0.25, 0.3) is 0 Å². The third-order valence-electron chi connectivity index (χ3n) is 5.33. The Labute approximate surface area is 202 Å². The number of aromatic carboxylic acids is 1. The van der Waals surface area contributed by atoms with Gasteiger partial charge in [-0.05, 0) is 61.0 Å². The smallest absolute Gasteiger partial charge is 0.337 e. The first-order valence-electron chi connectivity index (χ1n) is 10.6. The number of benzene rings is 3. The van der Waals surface area contributed by atoms with Crippen LogP contribution in [-0.2, 0) is 11.4 Å². The number of carboxylic acid groups (broad SMARTS) is 1. The van der Waals surface area contributed by atoms with Crippen LogP contribution in [0.2, 0.25) is 5.02 Å². The Kier molecular flexibility index (Phi) is 6.70. The number of nitrogens with zero attached hydrogens (tertiary/aromatic N) is 1. The van der Waals surface area contributed by atoms with Gasteiger partial charge in [0.1, 0.15) is 12.4 Å². The van der Waals surface area contributed by atoms with E-state index < -0.39 is 5.97 Å². The summed E-state index contributed by atoms with van der Waals surface area (Å²) >= 11 is 6.34. The third-order valence-corrected chi connectivity index (χ3v) is 5.57. The highest BCUT2D eigenvalue weighted by atomic mass is 35.5. The number of hydrogen-bond acceptors (Lipinski definition) is 3. The Morgan fingerprint density at radius 3 is 2.47 bits per heavy atom. The number of ether oxygens (including phenoxy) is 1. The Morgan fingerprint density at radius 2 is 1.76 bits per heavy atom. The van der Waals surface area contributed by atoms with Crippen molar-refractivity contribution in [1.29, 1.82) is 0 Å². The summed E-state index contributed by atoms with van der Waals surface area (Å²) < 4.78 is 8.08. The first kappa shape index (κ1) is 23.1. The van der Waals surface area contributed by atoms with Crippen molar-refractivity contribution in [3.63, 3.8) is 0 Å². The molecule has 0 unspecified atom stereocenters. The fourth-order valence-electron chi connectivity index (χ4n) is 3.80. The van der Waals surface area contributed by atoms with E-state index in [2.05, 4.69) is 5.32 Å². The van der Waals surface area contributed by atoms with Crippen LogP contribution in [0.3, 0.4) is 0 Å². The van der Waals surface area contributed by atoms with Gasteiger partial charge in [-0.25, -0.2) is 4.79 Å². The van der Waals surface area contributed by atoms with E-state index in [1.807, 2.05) is 66.1 Å². The largest absolute Gasteiger partial charge is 0.488 e. The van der Waals surface area contributed by atoms with E-state index in [4.69, 9.17) is 16.3 Å². The van der Waals surface area contributed by atoms with Crippen molar-refractivity contribution in [2.24, 2.45) is 0 Å². The molecule has 3 aromatic carbocycles. The van der Waals surface area contributed by atoms with Crippen LogP contribution in [0.4, 0.5) is 5.69 Å². The molecule has 0 aliphatic rings. The van der Waals surface area contributed by atoms with Crippen molar-refractivity contribution in [1.82, 2.24) is 4.57 Å². The molecule has 0 bridgehead atoms. The molecule has 7 heteroatoms. The number of carbonyl (C=O) groups is 2. The van der Waals surface area contributed by atoms with E-state index in [1.54, 1.807) is 24.3 Å². The topological polar surface area (TPSA) is 80.6 Å². The van der Waals surface area contributed by atoms with Crippen LogP contribution >= 0.6 is 11.6 Å². The van der Waals surface area contributed by atoms with Crippen LogP contribution in [0, 0.1) is 6.92 Å². The number of aryl methyl sites for hydroxylation is 1. The van der Waals surface area contributed by atoms with Gasteiger partial charge >= 0.3 is 5.97 Å². The molecule has 1 aromatic heterocycles. The van der Waals surface area contributed by atoms with Crippen LogP contribution in [0.5, 0.6) is 5.75 Å². The second-order valence-corrected chi connectivity index (χ2v) is 8.26. The van der Waals surface area contributed by atoms with Crippen molar-refractivity contribution < 1.29 is 19.4 Å². The molecule has 0 atom stereocenters. The van der Waals surface area contributed by atoms with Gasteiger partial charge in [-0.3, -0.25) is 4.79 Å². The number of rotatable bonds is 7. The molecule has 6 nitrogen and oxygen atoms in total. The number of nitrogens with one attached hydrogen (secondary N) is 1. The number of halogens is 1. The second-order valence-electron chi connectivity index (χ2n) is 7.83. The Bertz CT molecular complexity index is 1360. The van der Waals surface area contributed by atoms with Crippen LogP contribution in [0.15, 0.2) is 78.9 Å². The van der Waals surface area contributed by atoms with Gasteiger partial charge in [0.2, 0.25) is 5.91 Å². The molecule has 2 N–H and O–H groups in total. The molecular weight excluding hydrogens is 452 g/mol. The summed E-state index contributed by atoms with van der Waals surface area (Å²) in [6, 6.07) is 24.1. The number of hydrogen-bond donors (Lipinski definition) is 2. The predicted octanol–water partition coefficient (Wildman–Crippen LogP) is 6.34. The highest BCUT2D eigenvalue weighted by Crippen LogP contribution is 2.36. The van der Waals surface area contributed by atoms with Gasteiger partial charge in [-0.15, -0.1) is 0 Å². The highest BCUT2D eigenvalue weighted by Gasteiger charge is 2.18. The van der Waals surface area contributed by atoms with Crippen molar-refractivity contribution >= 4 is 29.2 Å². The lowest BCUT2D eigenvalue weighted by Gasteiger charge is -2.17. The molecule has 4 aromatic rings. The molecule has 0 spiro atoms. The maximum atomic E-state index is 11.9. The quantitative estimate of drug-likeness (QED) is 0.327. The molecule has 0 fully saturated rings. The van der Waals surface area contributed by atoms with Gasteiger partial charge in [-0.2, -0.15) is 0 Å². The zero-order chi connectivity index (χ0) is 24.2. The minimum atomic E-state index is -1.13. The Hall–Kier alpha value is -4.03. The highest BCUT2D eigenvalue weighted by molar-refractivity contribution is 6.31. The summed E-state index contributed by atoms with van der Waals surface area (Å²) in [5.74, 6) is -0.820. The molecule has 4 rings (SSSR count). The first-order valence-corrected chi connectivity index (χ1v) is 11.0. The molecule has 34 heavy (non-hydrogen) atoms. The number of anilines is 1. The third kappa shape index (κ3) is 4.97. The SMILES string of the molecule is CC(=O)Nc1ccc(-n2c(C)ccc2-c2cc(Cl)ccc2OCc2ccccc2)cc1C(=O)O. The summed E-state index contributed by atoms with van der Waals surface area (Å²) in [5, 5.41) is 12.8. The fraction of sp³-hybridized carbons (Fsp3) is 0.111. The Balaban J connectivity index is 1.78.